The second-order valence-corrected chi connectivity index (χ2v) is 5.13. The first-order chi connectivity index (χ1) is 8.21. The molecule has 1 saturated heterocycles. The number of amides is 2. The maximum atomic E-state index is 12.2. The molecule has 1 N–H and O–H groups in total. The van der Waals surface area contributed by atoms with Crippen LogP contribution in [0.2, 0.25) is 0 Å². The van der Waals surface area contributed by atoms with Crippen LogP contribution in [0.15, 0.2) is 0 Å². The lowest BCUT2D eigenvalue weighted by atomic mass is 10.00. The van der Waals surface area contributed by atoms with E-state index < -0.39 is 42.5 Å². The zero-order valence-electron chi connectivity index (χ0n) is 9.78. The molecule has 0 aromatic heterocycles. The molecule has 18 heavy (non-hydrogen) atoms. The lowest BCUT2D eigenvalue weighted by Crippen LogP contribution is -2.44. The van der Waals surface area contributed by atoms with Crippen LogP contribution in [0.3, 0.4) is 0 Å². The van der Waals surface area contributed by atoms with Gasteiger partial charge in [-0.15, -0.1) is 0 Å². The highest BCUT2D eigenvalue weighted by Gasteiger charge is 2.53. The summed E-state index contributed by atoms with van der Waals surface area (Å²) in [4.78, 5) is 24.2. The van der Waals surface area contributed by atoms with Crippen LogP contribution in [0, 0.1) is 17.8 Å². The number of imide groups is 1. The maximum absolute atomic E-state index is 12.2. The summed E-state index contributed by atoms with van der Waals surface area (Å²) in [6.45, 7) is 0.927. The summed E-state index contributed by atoms with van der Waals surface area (Å²) in [5, 5.41) is 8.93. The van der Waals surface area contributed by atoms with Crippen molar-refractivity contribution in [2.45, 2.75) is 32.0 Å². The monoisotopic (exact) mass is 265 g/mol. The topological polar surface area (TPSA) is 57.6 Å². The second-order valence-electron chi connectivity index (χ2n) is 5.13. The number of halogens is 3. The van der Waals surface area contributed by atoms with Crippen LogP contribution in [0.4, 0.5) is 13.2 Å². The summed E-state index contributed by atoms with van der Waals surface area (Å²) in [7, 11) is 0. The molecule has 1 aliphatic carbocycles. The zero-order chi connectivity index (χ0) is 13.7. The number of aliphatic hydroxyl groups is 1. The minimum Gasteiger partial charge on any atom is -0.382 e. The smallest absolute Gasteiger partial charge is 0.382 e. The number of aliphatic hydroxyl groups excluding tert-OH is 1. The lowest BCUT2D eigenvalue weighted by molar-refractivity contribution is -0.208. The molecule has 102 valence electrons. The standard InChI is InChI=1S/C11H14F3NO3/c1-5-2-6-7(3-5)10(18)15(9(6)17)4-8(16)11(12,13)14/h5-8,16H,2-4H2,1H3. The highest BCUT2D eigenvalue weighted by atomic mass is 19.4. The molecule has 2 rings (SSSR count). The molecule has 3 unspecified atom stereocenters. The number of hydrogen-bond acceptors (Lipinski definition) is 3. The van der Waals surface area contributed by atoms with Crippen LogP contribution in [-0.2, 0) is 9.59 Å². The van der Waals surface area contributed by atoms with Gasteiger partial charge in [0.2, 0.25) is 11.8 Å². The van der Waals surface area contributed by atoms with Crippen molar-refractivity contribution < 1.29 is 27.9 Å². The second kappa shape index (κ2) is 4.22. The van der Waals surface area contributed by atoms with Gasteiger partial charge < -0.3 is 5.11 Å². The van der Waals surface area contributed by atoms with Gasteiger partial charge in [-0.3, -0.25) is 14.5 Å². The van der Waals surface area contributed by atoms with E-state index in [9.17, 15) is 22.8 Å². The fraction of sp³-hybridized carbons (Fsp3) is 0.818. The zero-order valence-corrected chi connectivity index (χ0v) is 9.78. The van der Waals surface area contributed by atoms with Gasteiger partial charge in [-0.1, -0.05) is 6.92 Å². The molecule has 2 aliphatic rings. The third-order valence-electron chi connectivity index (χ3n) is 3.70. The van der Waals surface area contributed by atoms with Gasteiger partial charge in [0.1, 0.15) is 0 Å². The van der Waals surface area contributed by atoms with E-state index in [0.717, 1.165) is 0 Å². The highest BCUT2D eigenvalue weighted by molar-refractivity contribution is 6.05. The molecule has 1 heterocycles. The molecule has 7 heteroatoms. The predicted molar refractivity (Wildman–Crippen MR) is 54.2 cm³/mol. The van der Waals surface area contributed by atoms with Gasteiger partial charge in [-0.05, 0) is 18.8 Å². The number of rotatable bonds is 2. The van der Waals surface area contributed by atoms with Crippen LogP contribution >= 0.6 is 0 Å². The number of alkyl halides is 3. The predicted octanol–water partition coefficient (Wildman–Crippen LogP) is 0.941. The van der Waals surface area contributed by atoms with Crippen molar-refractivity contribution in [2.24, 2.45) is 17.8 Å². The largest absolute Gasteiger partial charge is 0.416 e. The van der Waals surface area contributed by atoms with Gasteiger partial charge in [0.25, 0.3) is 0 Å². The summed E-state index contributed by atoms with van der Waals surface area (Å²) in [5.74, 6) is -1.89. The number of likely N-dealkylation sites (tertiary alicyclic amines) is 1. The Morgan fingerprint density at radius 3 is 2.11 bits per heavy atom. The number of carbonyl (C=O) groups is 2. The molecular formula is C11H14F3NO3. The first kappa shape index (κ1) is 13.3. The van der Waals surface area contributed by atoms with Gasteiger partial charge in [0.05, 0.1) is 18.4 Å². The van der Waals surface area contributed by atoms with Gasteiger partial charge in [0, 0.05) is 0 Å². The van der Waals surface area contributed by atoms with E-state index in [4.69, 9.17) is 5.11 Å². The Morgan fingerprint density at radius 1 is 1.28 bits per heavy atom. The Hall–Kier alpha value is -1.11. The molecule has 0 bridgehead atoms. The van der Waals surface area contributed by atoms with E-state index >= 15 is 0 Å². The van der Waals surface area contributed by atoms with E-state index in [2.05, 4.69) is 0 Å². The molecule has 1 aliphatic heterocycles. The Balaban J connectivity index is 2.08. The van der Waals surface area contributed by atoms with Crippen molar-refractivity contribution in [3.63, 3.8) is 0 Å². The van der Waals surface area contributed by atoms with Gasteiger partial charge in [-0.25, -0.2) is 0 Å². The minimum absolute atomic E-state index is 0.239. The summed E-state index contributed by atoms with van der Waals surface area (Å²) in [6, 6.07) is 0. The molecule has 1 saturated carbocycles. The molecule has 4 nitrogen and oxygen atoms in total. The number of β-amino-alcohol motifs (C(OH)–C–C–N with tert-alkyl or cyclic N) is 1. The lowest BCUT2D eigenvalue weighted by Gasteiger charge is -2.21. The highest BCUT2D eigenvalue weighted by Crippen LogP contribution is 2.43. The summed E-state index contributed by atoms with van der Waals surface area (Å²) in [5.41, 5.74) is 0. The first-order valence-corrected chi connectivity index (χ1v) is 5.81. The van der Waals surface area contributed by atoms with Crippen LogP contribution < -0.4 is 0 Å². The molecule has 0 aromatic carbocycles. The third-order valence-corrected chi connectivity index (χ3v) is 3.70. The minimum atomic E-state index is -4.81. The Labute approximate surface area is 102 Å². The normalized spacial score (nSPS) is 34.1. The average molecular weight is 265 g/mol. The van der Waals surface area contributed by atoms with Crippen molar-refractivity contribution in [1.29, 1.82) is 0 Å². The van der Waals surface area contributed by atoms with Crippen LogP contribution in [0.5, 0.6) is 0 Å². The third kappa shape index (κ3) is 2.11. The number of hydrogen-bond donors (Lipinski definition) is 1. The Kier molecular flexibility index (Phi) is 3.12. The van der Waals surface area contributed by atoms with Gasteiger partial charge in [0.15, 0.2) is 6.10 Å². The van der Waals surface area contributed by atoms with E-state index in [0.29, 0.717) is 17.7 Å². The molecule has 2 fully saturated rings. The molecular weight excluding hydrogens is 251 g/mol. The quantitative estimate of drug-likeness (QED) is 0.756. The van der Waals surface area contributed by atoms with E-state index in [1.165, 1.54) is 0 Å². The van der Waals surface area contributed by atoms with Gasteiger partial charge in [-0.2, -0.15) is 13.2 Å². The molecule has 0 radical (unpaired) electrons. The Morgan fingerprint density at radius 2 is 1.72 bits per heavy atom. The Bertz CT molecular complexity index is 358. The fourth-order valence-electron chi connectivity index (χ4n) is 2.80. The summed E-state index contributed by atoms with van der Waals surface area (Å²) < 4.78 is 36.6. The first-order valence-electron chi connectivity index (χ1n) is 5.81. The van der Waals surface area contributed by atoms with Crippen LogP contribution in [0.1, 0.15) is 19.8 Å². The van der Waals surface area contributed by atoms with Crippen molar-refractivity contribution in [3.05, 3.63) is 0 Å². The van der Waals surface area contributed by atoms with Gasteiger partial charge >= 0.3 is 6.18 Å². The molecule has 3 atom stereocenters. The number of carbonyl (C=O) groups excluding carboxylic acids is 2. The van der Waals surface area contributed by atoms with Crippen molar-refractivity contribution in [3.8, 4) is 0 Å². The molecule has 0 spiro atoms. The summed E-state index contributed by atoms with van der Waals surface area (Å²) in [6.07, 6.45) is -6.41. The van der Waals surface area contributed by atoms with Crippen molar-refractivity contribution in [2.75, 3.05) is 6.54 Å². The van der Waals surface area contributed by atoms with Crippen LogP contribution in [-0.4, -0.2) is 40.6 Å². The van der Waals surface area contributed by atoms with E-state index in [1.807, 2.05) is 6.92 Å². The SMILES string of the molecule is CC1CC2C(=O)N(CC(O)C(F)(F)F)C(=O)C2C1. The summed E-state index contributed by atoms with van der Waals surface area (Å²) >= 11 is 0. The van der Waals surface area contributed by atoms with Crippen LogP contribution in [0.25, 0.3) is 0 Å². The number of fused-ring (bicyclic) bond motifs is 1. The molecule has 0 aromatic rings. The van der Waals surface area contributed by atoms with Crippen molar-refractivity contribution in [1.82, 2.24) is 4.90 Å². The maximum Gasteiger partial charge on any atom is 0.416 e. The average Bonchev–Trinajstić information content (AvgIpc) is 2.71. The number of nitrogens with zero attached hydrogens (tertiary/aromatic N) is 1. The van der Waals surface area contributed by atoms with Crippen molar-refractivity contribution >= 4 is 11.8 Å². The van der Waals surface area contributed by atoms with E-state index in [1.54, 1.807) is 0 Å². The fourth-order valence-corrected chi connectivity index (χ4v) is 2.80. The van der Waals surface area contributed by atoms with E-state index in [-0.39, 0.29) is 5.92 Å². The molecule has 2 amide bonds.